The van der Waals surface area contributed by atoms with Crippen molar-refractivity contribution in [2.75, 3.05) is 5.32 Å². The molecule has 0 bridgehead atoms. The summed E-state index contributed by atoms with van der Waals surface area (Å²) in [7, 11) is 0. The third kappa shape index (κ3) is 3.49. The summed E-state index contributed by atoms with van der Waals surface area (Å²) in [6, 6.07) is 18.4. The molecular weight excluding hydrogens is 426 g/mol. The fraction of sp³-hybridized carbons (Fsp3) is 0. The van der Waals surface area contributed by atoms with Crippen molar-refractivity contribution in [3.63, 3.8) is 0 Å². The number of carbonyl (C=O) groups is 1. The standard InChI is InChI=1S/C20H12BrN3O4/c21-13-7-5-12(6-8-13)20-23-16-11-14(9-10-18(16)28-20)22-19(25)15-3-1-2-4-17(15)24(26)27/h1-11H,(H,22,25). The minimum atomic E-state index is -0.583. The molecule has 138 valence electrons. The van der Waals surface area contributed by atoms with Crippen molar-refractivity contribution in [2.45, 2.75) is 0 Å². The van der Waals surface area contributed by atoms with Crippen LogP contribution >= 0.6 is 15.9 Å². The third-order valence-electron chi connectivity index (χ3n) is 4.08. The van der Waals surface area contributed by atoms with Crippen LogP contribution in [0.3, 0.4) is 0 Å². The topological polar surface area (TPSA) is 98.3 Å². The zero-order valence-corrected chi connectivity index (χ0v) is 15.8. The molecule has 0 unspecified atom stereocenters. The van der Waals surface area contributed by atoms with Crippen LogP contribution in [0.1, 0.15) is 10.4 Å². The molecule has 4 rings (SSSR count). The van der Waals surface area contributed by atoms with Crippen LogP contribution in [0, 0.1) is 10.1 Å². The largest absolute Gasteiger partial charge is 0.436 e. The van der Waals surface area contributed by atoms with Crippen molar-refractivity contribution in [3.8, 4) is 11.5 Å². The van der Waals surface area contributed by atoms with Crippen LogP contribution in [0.25, 0.3) is 22.6 Å². The maximum absolute atomic E-state index is 12.5. The molecule has 3 aromatic carbocycles. The highest BCUT2D eigenvalue weighted by Crippen LogP contribution is 2.27. The first-order valence-electron chi connectivity index (χ1n) is 8.22. The van der Waals surface area contributed by atoms with Gasteiger partial charge < -0.3 is 9.73 Å². The van der Waals surface area contributed by atoms with Crippen LogP contribution < -0.4 is 5.32 Å². The highest BCUT2D eigenvalue weighted by molar-refractivity contribution is 9.10. The summed E-state index contributed by atoms with van der Waals surface area (Å²) >= 11 is 3.38. The zero-order valence-electron chi connectivity index (χ0n) is 14.3. The summed E-state index contributed by atoms with van der Waals surface area (Å²) in [5.74, 6) is -0.104. The van der Waals surface area contributed by atoms with Gasteiger partial charge in [0.1, 0.15) is 11.1 Å². The number of hydrogen-bond acceptors (Lipinski definition) is 5. The van der Waals surface area contributed by atoms with Crippen LogP contribution in [0.4, 0.5) is 11.4 Å². The van der Waals surface area contributed by atoms with Crippen molar-refractivity contribution >= 4 is 44.3 Å². The number of benzene rings is 3. The number of para-hydroxylation sites is 1. The lowest BCUT2D eigenvalue weighted by molar-refractivity contribution is -0.385. The van der Waals surface area contributed by atoms with Gasteiger partial charge in [0.05, 0.1) is 4.92 Å². The van der Waals surface area contributed by atoms with Gasteiger partial charge in [-0.1, -0.05) is 28.1 Å². The maximum Gasteiger partial charge on any atom is 0.282 e. The summed E-state index contributed by atoms with van der Waals surface area (Å²) in [6.07, 6.45) is 0. The molecule has 1 N–H and O–H groups in total. The molecule has 0 spiro atoms. The maximum atomic E-state index is 12.5. The molecule has 0 aliphatic rings. The first-order valence-corrected chi connectivity index (χ1v) is 9.02. The fourth-order valence-corrected chi connectivity index (χ4v) is 3.01. The predicted octanol–water partition coefficient (Wildman–Crippen LogP) is 5.42. The van der Waals surface area contributed by atoms with Gasteiger partial charge in [-0.25, -0.2) is 4.98 Å². The Balaban J connectivity index is 1.62. The van der Waals surface area contributed by atoms with Gasteiger partial charge in [0.25, 0.3) is 11.6 Å². The number of carbonyl (C=O) groups excluding carboxylic acids is 1. The van der Waals surface area contributed by atoms with Crippen LogP contribution in [-0.4, -0.2) is 15.8 Å². The SMILES string of the molecule is O=C(Nc1ccc2oc(-c3ccc(Br)cc3)nc2c1)c1ccccc1[N+](=O)[O-]. The number of halogens is 1. The van der Waals surface area contributed by atoms with E-state index in [0.29, 0.717) is 22.7 Å². The number of anilines is 1. The summed E-state index contributed by atoms with van der Waals surface area (Å²) in [5, 5.41) is 13.8. The second kappa shape index (κ2) is 7.24. The fourth-order valence-electron chi connectivity index (χ4n) is 2.74. The second-order valence-corrected chi connectivity index (χ2v) is 6.85. The van der Waals surface area contributed by atoms with Gasteiger partial charge in [0, 0.05) is 21.8 Å². The van der Waals surface area contributed by atoms with E-state index < -0.39 is 10.8 Å². The summed E-state index contributed by atoms with van der Waals surface area (Å²) in [5.41, 5.74) is 2.17. The Labute approximate surface area is 167 Å². The van der Waals surface area contributed by atoms with Gasteiger partial charge in [0.2, 0.25) is 5.89 Å². The molecule has 1 amide bonds. The number of nitrogens with one attached hydrogen (secondary N) is 1. The lowest BCUT2D eigenvalue weighted by atomic mass is 10.1. The summed E-state index contributed by atoms with van der Waals surface area (Å²) in [4.78, 5) is 27.5. The molecule has 0 fully saturated rings. The lowest BCUT2D eigenvalue weighted by Crippen LogP contribution is -2.13. The average molecular weight is 438 g/mol. The smallest absolute Gasteiger partial charge is 0.282 e. The molecule has 4 aromatic rings. The van der Waals surface area contributed by atoms with Gasteiger partial charge in [-0.2, -0.15) is 0 Å². The van der Waals surface area contributed by atoms with Gasteiger partial charge in [-0.15, -0.1) is 0 Å². The quantitative estimate of drug-likeness (QED) is 0.339. The lowest BCUT2D eigenvalue weighted by Gasteiger charge is -2.05. The van der Waals surface area contributed by atoms with Crippen molar-refractivity contribution in [2.24, 2.45) is 0 Å². The highest BCUT2D eigenvalue weighted by atomic mass is 79.9. The number of nitro groups is 1. The number of fused-ring (bicyclic) bond motifs is 1. The summed E-state index contributed by atoms with van der Waals surface area (Å²) < 4.78 is 6.71. The first-order chi connectivity index (χ1) is 13.5. The number of nitro benzene ring substituents is 1. The van der Waals surface area contributed by atoms with Crippen LogP contribution in [0.5, 0.6) is 0 Å². The van der Waals surface area contributed by atoms with Crippen molar-refractivity contribution in [1.29, 1.82) is 0 Å². The van der Waals surface area contributed by atoms with Crippen LogP contribution in [0.2, 0.25) is 0 Å². The number of nitrogens with zero attached hydrogens (tertiary/aromatic N) is 2. The Morgan fingerprint density at radius 3 is 2.57 bits per heavy atom. The van der Waals surface area contributed by atoms with E-state index in [1.54, 1.807) is 24.3 Å². The molecule has 1 heterocycles. The minimum absolute atomic E-state index is 0.0108. The Bertz CT molecular complexity index is 1200. The van der Waals surface area contributed by atoms with E-state index in [4.69, 9.17) is 4.42 Å². The third-order valence-corrected chi connectivity index (χ3v) is 4.61. The Kier molecular flexibility index (Phi) is 4.62. The number of rotatable bonds is 4. The van der Waals surface area contributed by atoms with E-state index in [9.17, 15) is 14.9 Å². The van der Waals surface area contributed by atoms with E-state index in [-0.39, 0.29) is 11.3 Å². The first kappa shape index (κ1) is 17.9. The van der Waals surface area contributed by atoms with Crippen molar-refractivity contribution < 1.29 is 14.1 Å². The molecule has 8 heteroatoms. The number of oxazole rings is 1. The Morgan fingerprint density at radius 1 is 1.07 bits per heavy atom. The molecule has 1 aromatic heterocycles. The van der Waals surface area contributed by atoms with Crippen molar-refractivity contribution in [1.82, 2.24) is 4.98 Å². The molecule has 0 saturated carbocycles. The molecule has 0 radical (unpaired) electrons. The second-order valence-electron chi connectivity index (χ2n) is 5.94. The number of aromatic nitrogens is 1. The molecule has 0 atom stereocenters. The van der Waals surface area contributed by atoms with E-state index in [0.717, 1.165) is 10.0 Å². The Hall–Kier alpha value is -3.52. The monoisotopic (exact) mass is 437 g/mol. The van der Waals surface area contributed by atoms with Gasteiger partial charge >= 0.3 is 0 Å². The number of hydrogen-bond donors (Lipinski definition) is 1. The van der Waals surface area contributed by atoms with Crippen LogP contribution in [-0.2, 0) is 0 Å². The molecule has 0 saturated heterocycles. The van der Waals surface area contributed by atoms with Crippen molar-refractivity contribution in [3.05, 3.63) is 86.9 Å². The van der Waals surface area contributed by atoms with E-state index in [2.05, 4.69) is 26.2 Å². The number of amides is 1. The Morgan fingerprint density at radius 2 is 1.82 bits per heavy atom. The van der Waals surface area contributed by atoms with E-state index in [1.165, 1.54) is 18.2 Å². The minimum Gasteiger partial charge on any atom is -0.436 e. The molecule has 0 aliphatic heterocycles. The molecular formula is C20H12BrN3O4. The average Bonchev–Trinajstić information content (AvgIpc) is 3.11. The molecule has 0 aliphatic carbocycles. The molecule has 28 heavy (non-hydrogen) atoms. The van der Waals surface area contributed by atoms with Gasteiger partial charge in [-0.3, -0.25) is 14.9 Å². The van der Waals surface area contributed by atoms with E-state index in [1.807, 2.05) is 24.3 Å². The van der Waals surface area contributed by atoms with Gasteiger partial charge in [-0.05, 0) is 48.5 Å². The summed E-state index contributed by atoms with van der Waals surface area (Å²) in [6.45, 7) is 0. The van der Waals surface area contributed by atoms with E-state index >= 15 is 0 Å². The molecule has 7 nitrogen and oxygen atoms in total. The van der Waals surface area contributed by atoms with Crippen LogP contribution in [0.15, 0.2) is 75.6 Å². The predicted molar refractivity (Wildman–Crippen MR) is 108 cm³/mol. The van der Waals surface area contributed by atoms with Gasteiger partial charge in [0.15, 0.2) is 5.58 Å². The normalized spacial score (nSPS) is 10.8. The highest BCUT2D eigenvalue weighted by Gasteiger charge is 2.19. The zero-order chi connectivity index (χ0) is 19.7.